The Labute approximate surface area is 117 Å². The van der Waals surface area contributed by atoms with Crippen molar-refractivity contribution in [1.29, 1.82) is 5.26 Å². The van der Waals surface area contributed by atoms with E-state index in [-0.39, 0.29) is 5.57 Å². The molecule has 0 aliphatic carbocycles. The predicted molar refractivity (Wildman–Crippen MR) is 74.1 cm³/mol. The smallest absolute Gasteiger partial charge is 0.319 e. The number of aryl methyl sites for hydroxylation is 1. The summed E-state index contributed by atoms with van der Waals surface area (Å²) >= 11 is 0. The summed E-state index contributed by atoms with van der Waals surface area (Å²) in [4.78, 5) is 22.2. The highest BCUT2D eigenvalue weighted by Crippen LogP contribution is 2.05. The van der Waals surface area contributed by atoms with Gasteiger partial charge < -0.3 is 11.1 Å². The summed E-state index contributed by atoms with van der Waals surface area (Å²) in [5.41, 5.74) is 7.22. The monoisotopic (exact) mass is 272 g/mol. The number of urea groups is 1. The molecule has 4 N–H and O–H groups in total. The van der Waals surface area contributed by atoms with Crippen LogP contribution in [0.5, 0.6) is 0 Å². The third-order valence-corrected chi connectivity index (χ3v) is 2.63. The highest BCUT2D eigenvalue weighted by Gasteiger charge is 2.14. The molecular formula is C14H16N4O2. The fourth-order valence-corrected chi connectivity index (χ4v) is 1.51. The van der Waals surface area contributed by atoms with E-state index in [1.54, 1.807) is 13.0 Å². The zero-order chi connectivity index (χ0) is 15.1. The molecule has 0 aromatic heterocycles. The average Bonchev–Trinajstić information content (AvgIpc) is 2.38. The maximum absolute atomic E-state index is 11.5. The van der Waals surface area contributed by atoms with E-state index in [4.69, 9.17) is 11.0 Å². The Kier molecular flexibility index (Phi) is 5.30. The van der Waals surface area contributed by atoms with E-state index in [0.717, 1.165) is 11.1 Å². The summed E-state index contributed by atoms with van der Waals surface area (Å²) in [5, 5.41) is 13.8. The van der Waals surface area contributed by atoms with Crippen molar-refractivity contribution in [3.8, 4) is 6.07 Å². The van der Waals surface area contributed by atoms with Gasteiger partial charge in [0, 0.05) is 12.2 Å². The lowest BCUT2D eigenvalue weighted by molar-refractivity contribution is -0.116. The lowest BCUT2D eigenvalue weighted by Crippen LogP contribution is -2.36. The molecule has 1 aromatic rings. The van der Waals surface area contributed by atoms with Crippen LogP contribution in [0.1, 0.15) is 18.1 Å². The minimum atomic E-state index is -0.992. The molecule has 0 radical (unpaired) electrons. The summed E-state index contributed by atoms with van der Waals surface area (Å²) in [5.74, 6) is -0.811. The van der Waals surface area contributed by atoms with Crippen LogP contribution in [-0.4, -0.2) is 11.9 Å². The topological polar surface area (TPSA) is 108 Å². The van der Waals surface area contributed by atoms with Gasteiger partial charge >= 0.3 is 6.03 Å². The Morgan fingerprint density at radius 3 is 2.40 bits per heavy atom. The van der Waals surface area contributed by atoms with Crippen molar-refractivity contribution >= 4 is 11.9 Å². The quantitative estimate of drug-likeness (QED) is 0.563. The number of nitrogens with two attached hydrogens (primary N) is 1. The number of imide groups is 1. The second-order valence-corrected chi connectivity index (χ2v) is 4.27. The van der Waals surface area contributed by atoms with Gasteiger partial charge in [0.25, 0.3) is 5.91 Å². The molecule has 1 aromatic carbocycles. The number of nitriles is 1. The zero-order valence-corrected chi connectivity index (χ0v) is 11.4. The van der Waals surface area contributed by atoms with Gasteiger partial charge in [0.2, 0.25) is 0 Å². The predicted octanol–water partition coefficient (Wildman–Crippen LogP) is 1.08. The van der Waals surface area contributed by atoms with Crippen molar-refractivity contribution in [3.63, 3.8) is 0 Å². The van der Waals surface area contributed by atoms with Crippen molar-refractivity contribution in [3.05, 3.63) is 46.7 Å². The fourth-order valence-electron chi connectivity index (χ4n) is 1.51. The van der Waals surface area contributed by atoms with Gasteiger partial charge in [-0.2, -0.15) is 5.26 Å². The molecule has 20 heavy (non-hydrogen) atoms. The number of allylic oxidation sites excluding steroid dienone is 1. The molecule has 104 valence electrons. The third kappa shape index (κ3) is 4.46. The SMILES string of the molecule is C/C(NCc1ccc(C)cc1)=C(\C#N)C(=O)NC(N)=O. The summed E-state index contributed by atoms with van der Waals surface area (Å²) in [6.07, 6.45) is 0. The van der Waals surface area contributed by atoms with Crippen LogP contribution in [0, 0.1) is 18.3 Å². The molecule has 1 rings (SSSR count). The van der Waals surface area contributed by atoms with Crippen LogP contribution in [0.2, 0.25) is 0 Å². The van der Waals surface area contributed by atoms with Gasteiger partial charge in [-0.1, -0.05) is 29.8 Å². The van der Waals surface area contributed by atoms with Crippen LogP contribution in [0.15, 0.2) is 35.5 Å². The minimum absolute atomic E-state index is 0.170. The van der Waals surface area contributed by atoms with Crippen molar-refractivity contribution in [1.82, 2.24) is 10.6 Å². The number of benzene rings is 1. The molecule has 0 heterocycles. The van der Waals surface area contributed by atoms with Gasteiger partial charge in [0.05, 0.1) is 0 Å². The minimum Gasteiger partial charge on any atom is -0.383 e. The molecular weight excluding hydrogens is 256 g/mol. The van der Waals surface area contributed by atoms with Crippen molar-refractivity contribution in [2.24, 2.45) is 5.73 Å². The molecule has 0 unspecified atom stereocenters. The molecule has 0 saturated heterocycles. The van der Waals surface area contributed by atoms with Crippen LogP contribution in [0.3, 0.4) is 0 Å². The molecule has 6 nitrogen and oxygen atoms in total. The normalized spacial score (nSPS) is 11.1. The average molecular weight is 272 g/mol. The first-order valence-corrected chi connectivity index (χ1v) is 5.95. The van der Waals surface area contributed by atoms with E-state index in [2.05, 4.69) is 5.32 Å². The summed E-state index contributed by atoms with van der Waals surface area (Å²) < 4.78 is 0. The van der Waals surface area contributed by atoms with Crippen LogP contribution in [-0.2, 0) is 11.3 Å². The molecule has 0 atom stereocenters. The van der Waals surface area contributed by atoms with Gasteiger partial charge in [-0.3, -0.25) is 10.1 Å². The Morgan fingerprint density at radius 1 is 1.30 bits per heavy atom. The largest absolute Gasteiger partial charge is 0.383 e. The van der Waals surface area contributed by atoms with Crippen molar-refractivity contribution in [2.75, 3.05) is 0 Å². The Balaban J connectivity index is 2.75. The van der Waals surface area contributed by atoms with Gasteiger partial charge in [0.15, 0.2) is 0 Å². The third-order valence-electron chi connectivity index (χ3n) is 2.63. The molecule has 0 aliphatic rings. The lowest BCUT2D eigenvalue weighted by Gasteiger charge is -2.09. The molecule has 0 aliphatic heterocycles. The number of hydrogen-bond acceptors (Lipinski definition) is 4. The lowest BCUT2D eigenvalue weighted by atomic mass is 10.1. The Hall–Kier alpha value is -2.81. The highest BCUT2D eigenvalue weighted by atomic mass is 16.2. The number of nitrogens with zero attached hydrogens (tertiary/aromatic N) is 1. The molecule has 0 fully saturated rings. The van der Waals surface area contributed by atoms with Crippen molar-refractivity contribution in [2.45, 2.75) is 20.4 Å². The van der Waals surface area contributed by atoms with E-state index in [1.807, 2.05) is 36.5 Å². The first-order valence-electron chi connectivity index (χ1n) is 5.95. The van der Waals surface area contributed by atoms with Gasteiger partial charge in [0.1, 0.15) is 11.6 Å². The molecule has 6 heteroatoms. The number of hydrogen-bond donors (Lipinski definition) is 3. The second-order valence-electron chi connectivity index (χ2n) is 4.27. The summed E-state index contributed by atoms with van der Waals surface area (Å²) in [7, 11) is 0. The van der Waals surface area contributed by atoms with E-state index in [9.17, 15) is 9.59 Å². The molecule has 3 amide bonds. The van der Waals surface area contributed by atoms with E-state index in [1.165, 1.54) is 0 Å². The molecule has 0 bridgehead atoms. The van der Waals surface area contributed by atoms with Gasteiger partial charge in [-0.15, -0.1) is 0 Å². The summed E-state index contributed by atoms with van der Waals surface area (Å²) in [6.45, 7) is 4.05. The van der Waals surface area contributed by atoms with E-state index >= 15 is 0 Å². The van der Waals surface area contributed by atoms with Crippen LogP contribution in [0.25, 0.3) is 0 Å². The van der Waals surface area contributed by atoms with Gasteiger partial charge in [-0.05, 0) is 19.4 Å². The maximum Gasteiger partial charge on any atom is 0.319 e. The van der Waals surface area contributed by atoms with E-state index in [0.29, 0.717) is 12.2 Å². The number of nitrogens with one attached hydrogen (secondary N) is 2. The number of amides is 3. The number of carbonyl (C=O) groups excluding carboxylic acids is 2. The van der Waals surface area contributed by atoms with Crippen LogP contribution >= 0.6 is 0 Å². The second kappa shape index (κ2) is 6.95. The Morgan fingerprint density at radius 2 is 1.90 bits per heavy atom. The summed E-state index contributed by atoms with van der Waals surface area (Å²) in [6, 6.07) is 8.60. The number of carbonyl (C=O) groups is 2. The van der Waals surface area contributed by atoms with Crippen LogP contribution in [0.4, 0.5) is 4.79 Å². The number of rotatable bonds is 4. The molecule has 0 spiro atoms. The Bertz CT molecular complexity index is 582. The standard InChI is InChI=1S/C14H16N4O2/c1-9-3-5-11(6-4-9)8-17-10(2)12(7-15)13(19)18-14(16)20/h3-6,17H,8H2,1-2H3,(H3,16,18,19,20)/b12-10-. The van der Waals surface area contributed by atoms with Crippen LogP contribution < -0.4 is 16.4 Å². The van der Waals surface area contributed by atoms with Crippen molar-refractivity contribution < 1.29 is 9.59 Å². The highest BCUT2D eigenvalue weighted by molar-refractivity contribution is 6.06. The zero-order valence-electron chi connectivity index (χ0n) is 11.4. The first kappa shape index (κ1) is 15.2. The van der Waals surface area contributed by atoms with Gasteiger partial charge in [-0.25, -0.2) is 4.79 Å². The number of primary amides is 1. The first-order chi connectivity index (χ1) is 9.43. The maximum atomic E-state index is 11.5. The molecule has 0 saturated carbocycles. The fraction of sp³-hybridized carbons (Fsp3) is 0.214. The van der Waals surface area contributed by atoms with E-state index < -0.39 is 11.9 Å².